The van der Waals surface area contributed by atoms with Gasteiger partial charge in [-0.05, 0) is 67.6 Å². The average Bonchev–Trinajstić information content (AvgIpc) is 3.22. The number of hydrogen-bond donors (Lipinski definition) is 3. The fraction of sp³-hybridized carbons (Fsp3) is 0.136. The minimum absolute atomic E-state index is 0.185. The van der Waals surface area contributed by atoms with Gasteiger partial charge in [0.05, 0.1) is 17.7 Å². The van der Waals surface area contributed by atoms with Crippen LogP contribution in [0.2, 0.25) is 0 Å². The number of thioether (sulfide) groups is 2. The number of nitrogens with zero attached hydrogens (tertiary/aromatic N) is 1. The quantitative estimate of drug-likeness (QED) is 0.130. The molecule has 166 valence electrons. The third kappa shape index (κ3) is 8.12. The topological polar surface area (TPSA) is 110 Å². The SMILES string of the molecule is Cc1ccc(C=NNC(=O)CSc2ccc(Sc3ccc(SCC(=O)NN)cc3)cc2)o1. The van der Waals surface area contributed by atoms with Crippen LogP contribution in [-0.4, -0.2) is 29.5 Å². The maximum absolute atomic E-state index is 11.9. The molecule has 1 aromatic heterocycles. The molecule has 4 N–H and O–H groups in total. The number of benzene rings is 2. The van der Waals surface area contributed by atoms with E-state index in [4.69, 9.17) is 10.3 Å². The molecule has 0 saturated carbocycles. The van der Waals surface area contributed by atoms with Crippen molar-refractivity contribution < 1.29 is 14.0 Å². The van der Waals surface area contributed by atoms with Crippen LogP contribution in [0.5, 0.6) is 0 Å². The van der Waals surface area contributed by atoms with Crippen LogP contribution in [0, 0.1) is 6.92 Å². The van der Waals surface area contributed by atoms with E-state index >= 15 is 0 Å². The molecule has 0 aliphatic carbocycles. The minimum Gasteiger partial charge on any atom is -0.460 e. The normalized spacial score (nSPS) is 10.9. The summed E-state index contributed by atoms with van der Waals surface area (Å²) in [7, 11) is 0. The third-order valence-electron chi connectivity index (χ3n) is 3.93. The van der Waals surface area contributed by atoms with Gasteiger partial charge in [-0.25, -0.2) is 11.3 Å². The van der Waals surface area contributed by atoms with Gasteiger partial charge in [0.25, 0.3) is 0 Å². The molecule has 0 radical (unpaired) electrons. The number of carbonyl (C=O) groups excluding carboxylic acids is 2. The zero-order valence-electron chi connectivity index (χ0n) is 17.2. The summed E-state index contributed by atoms with van der Waals surface area (Å²) in [5.74, 6) is 6.63. The summed E-state index contributed by atoms with van der Waals surface area (Å²) < 4.78 is 5.35. The van der Waals surface area contributed by atoms with E-state index in [1.54, 1.807) is 17.8 Å². The summed E-state index contributed by atoms with van der Waals surface area (Å²) in [6.07, 6.45) is 1.48. The fourth-order valence-corrected chi connectivity index (χ4v) is 4.62. The Kier molecular flexibility index (Phi) is 9.29. The van der Waals surface area contributed by atoms with Crippen LogP contribution in [0.15, 0.2) is 89.8 Å². The van der Waals surface area contributed by atoms with Crippen molar-refractivity contribution in [2.75, 3.05) is 11.5 Å². The van der Waals surface area contributed by atoms with Gasteiger partial charge in [-0.3, -0.25) is 15.0 Å². The molecule has 2 aromatic carbocycles. The molecule has 0 atom stereocenters. The zero-order valence-corrected chi connectivity index (χ0v) is 19.7. The minimum atomic E-state index is -0.208. The highest BCUT2D eigenvalue weighted by Crippen LogP contribution is 2.31. The van der Waals surface area contributed by atoms with E-state index in [-0.39, 0.29) is 23.3 Å². The number of hydrazine groups is 1. The monoisotopic (exact) mass is 486 g/mol. The first-order valence-corrected chi connectivity index (χ1v) is 12.3. The second-order valence-electron chi connectivity index (χ2n) is 6.43. The van der Waals surface area contributed by atoms with Gasteiger partial charge in [0.2, 0.25) is 11.8 Å². The molecule has 0 bridgehead atoms. The average molecular weight is 487 g/mol. The van der Waals surface area contributed by atoms with Gasteiger partial charge < -0.3 is 4.42 Å². The van der Waals surface area contributed by atoms with Gasteiger partial charge in [-0.2, -0.15) is 5.10 Å². The predicted molar refractivity (Wildman–Crippen MR) is 130 cm³/mol. The van der Waals surface area contributed by atoms with E-state index in [0.717, 1.165) is 25.3 Å². The molecule has 0 saturated heterocycles. The predicted octanol–water partition coefficient (Wildman–Crippen LogP) is 4.06. The maximum atomic E-state index is 11.9. The van der Waals surface area contributed by atoms with Crippen LogP contribution in [0.25, 0.3) is 0 Å². The standard InChI is InChI=1S/C22H22N4O3S3/c1-15-2-3-16(29-15)12-24-26-22(28)14-31-18-6-10-20(11-7-18)32-19-8-4-17(5-9-19)30-13-21(27)25-23/h2-12H,13-14,23H2,1H3,(H,25,27)(H,26,28). The van der Waals surface area contributed by atoms with Crippen molar-refractivity contribution in [3.05, 3.63) is 72.2 Å². The number of rotatable bonds is 10. The lowest BCUT2D eigenvalue weighted by Gasteiger charge is -2.05. The van der Waals surface area contributed by atoms with E-state index in [1.165, 1.54) is 29.7 Å². The second kappa shape index (κ2) is 12.4. The first-order chi connectivity index (χ1) is 15.5. The summed E-state index contributed by atoms with van der Waals surface area (Å²) in [6.45, 7) is 1.85. The van der Waals surface area contributed by atoms with E-state index in [9.17, 15) is 9.59 Å². The molecular formula is C22H22N4O3S3. The van der Waals surface area contributed by atoms with Crippen LogP contribution in [0.4, 0.5) is 0 Å². The number of aryl methyl sites for hydroxylation is 1. The molecule has 1 heterocycles. The smallest absolute Gasteiger partial charge is 0.250 e. The van der Waals surface area contributed by atoms with E-state index in [2.05, 4.69) is 16.0 Å². The molecule has 32 heavy (non-hydrogen) atoms. The number of carbonyl (C=O) groups is 2. The van der Waals surface area contributed by atoms with Crippen molar-refractivity contribution in [3.63, 3.8) is 0 Å². The largest absolute Gasteiger partial charge is 0.460 e. The Morgan fingerprint density at radius 2 is 1.41 bits per heavy atom. The molecule has 3 rings (SSSR count). The number of hydrogen-bond acceptors (Lipinski definition) is 8. The van der Waals surface area contributed by atoms with Crippen molar-refractivity contribution in [3.8, 4) is 0 Å². The van der Waals surface area contributed by atoms with Gasteiger partial charge in [0.15, 0.2) is 0 Å². The number of furan rings is 1. The Hall–Kier alpha value is -2.66. The lowest BCUT2D eigenvalue weighted by molar-refractivity contribution is -0.119. The third-order valence-corrected chi connectivity index (χ3v) is 6.97. The first-order valence-electron chi connectivity index (χ1n) is 9.53. The Morgan fingerprint density at radius 3 is 1.91 bits per heavy atom. The van der Waals surface area contributed by atoms with Crippen molar-refractivity contribution in [1.82, 2.24) is 10.9 Å². The summed E-state index contributed by atoms with van der Waals surface area (Å²) in [6, 6.07) is 19.7. The molecule has 0 aliphatic heterocycles. The Labute approximate surface area is 198 Å². The molecule has 7 nitrogen and oxygen atoms in total. The van der Waals surface area contributed by atoms with Crippen LogP contribution < -0.4 is 16.7 Å². The Balaban J connectivity index is 1.42. The highest BCUT2D eigenvalue weighted by Gasteiger charge is 2.04. The van der Waals surface area contributed by atoms with E-state index in [1.807, 2.05) is 61.5 Å². The fourth-order valence-electron chi connectivity index (χ4n) is 2.41. The van der Waals surface area contributed by atoms with Crippen LogP contribution in [-0.2, 0) is 9.59 Å². The number of nitrogens with one attached hydrogen (secondary N) is 2. The maximum Gasteiger partial charge on any atom is 0.250 e. The lowest BCUT2D eigenvalue weighted by Crippen LogP contribution is -2.31. The van der Waals surface area contributed by atoms with Crippen molar-refractivity contribution in [2.45, 2.75) is 26.5 Å². The van der Waals surface area contributed by atoms with Gasteiger partial charge in [-0.1, -0.05) is 11.8 Å². The van der Waals surface area contributed by atoms with Crippen LogP contribution >= 0.6 is 35.3 Å². The molecular weight excluding hydrogens is 464 g/mol. The highest BCUT2D eigenvalue weighted by atomic mass is 32.2. The number of hydrazone groups is 1. The van der Waals surface area contributed by atoms with Gasteiger partial charge in [0.1, 0.15) is 11.5 Å². The lowest BCUT2D eigenvalue weighted by atomic mass is 10.4. The van der Waals surface area contributed by atoms with Gasteiger partial charge >= 0.3 is 0 Å². The van der Waals surface area contributed by atoms with Gasteiger partial charge in [0, 0.05) is 19.6 Å². The second-order valence-corrected chi connectivity index (χ2v) is 9.68. The molecule has 2 amide bonds. The summed E-state index contributed by atoms with van der Waals surface area (Å²) in [4.78, 5) is 27.4. The molecule has 0 spiro atoms. The van der Waals surface area contributed by atoms with Crippen LogP contribution in [0.1, 0.15) is 11.5 Å². The van der Waals surface area contributed by atoms with Crippen molar-refractivity contribution >= 4 is 53.3 Å². The summed E-state index contributed by atoms with van der Waals surface area (Å²) >= 11 is 4.52. The summed E-state index contributed by atoms with van der Waals surface area (Å²) in [5.41, 5.74) is 4.61. The van der Waals surface area contributed by atoms with Crippen molar-refractivity contribution in [1.29, 1.82) is 0 Å². The summed E-state index contributed by atoms with van der Waals surface area (Å²) in [5, 5.41) is 3.90. The van der Waals surface area contributed by atoms with Crippen LogP contribution in [0.3, 0.4) is 0 Å². The number of nitrogens with two attached hydrogens (primary N) is 1. The Bertz CT molecular complexity index is 1070. The number of amides is 2. The highest BCUT2D eigenvalue weighted by molar-refractivity contribution is 8.00. The molecule has 0 unspecified atom stereocenters. The molecule has 10 heteroatoms. The molecule has 3 aromatic rings. The molecule has 0 fully saturated rings. The first kappa shape index (κ1) is 24.0. The van der Waals surface area contributed by atoms with E-state index < -0.39 is 0 Å². The zero-order chi connectivity index (χ0) is 22.8. The van der Waals surface area contributed by atoms with Crippen molar-refractivity contribution in [2.24, 2.45) is 10.9 Å². The van der Waals surface area contributed by atoms with Gasteiger partial charge in [-0.15, -0.1) is 23.5 Å². The Morgan fingerprint density at radius 1 is 0.875 bits per heavy atom. The molecule has 0 aliphatic rings. The van der Waals surface area contributed by atoms with E-state index in [0.29, 0.717) is 5.76 Å².